The minimum atomic E-state index is -0.291. The Balaban J connectivity index is 1.86. The highest BCUT2D eigenvalue weighted by Crippen LogP contribution is 2.30. The third-order valence-electron chi connectivity index (χ3n) is 3.58. The predicted octanol–water partition coefficient (Wildman–Crippen LogP) is 3.12. The number of benzene rings is 2. The number of carbonyl (C=O) groups is 1. The molecule has 3 aromatic rings. The van der Waals surface area contributed by atoms with Crippen LogP contribution < -0.4 is 28.1 Å². The number of rotatable bonds is 4. The van der Waals surface area contributed by atoms with Gasteiger partial charge < -0.3 is 22.2 Å². The second kappa shape index (κ2) is 6.61. The molecule has 0 saturated heterocycles. The predicted molar refractivity (Wildman–Crippen MR) is 101 cm³/mol. The lowest BCUT2D eigenvalue weighted by atomic mass is 10.1. The molecular weight excluding hydrogens is 322 g/mol. The standard InChI is InChI=1S/C17H17N5OS/c18-12-5-3-10(16-2-1-7-24-16)9-15(12)21-17(23)11-4-6-14(22-20)13(19)8-11/h1-9,22H,18-20H2,(H,21,23). The number of nitrogen functional groups attached to an aromatic ring is 3. The fourth-order valence-electron chi connectivity index (χ4n) is 2.29. The molecule has 0 aliphatic heterocycles. The van der Waals surface area contributed by atoms with E-state index in [0.717, 1.165) is 10.4 Å². The molecule has 0 radical (unpaired) electrons. The van der Waals surface area contributed by atoms with Crippen LogP contribution in [0.15, 0.2) is 53.9 Å². The van der Waals surface area contributed by atoms with Gasteiger partial charge in [-0.25, -0.2) is 0 Å². The van der Waals surface area contributed by atoms with Crippen LogP contribution in [0.4, 0.5) is 22.7 Å². The Bertz CT molecular complexity index is 877. The van der Waals surface area contributed by atoms with Crippen molar-refractivity contribution in [3.63, 3.8) is 0 Å². The van der Waals surface area contributed by atoms with E-state index in [2.05, 4.69) is 10.7 Å². The van der Waals surface area contributed by atoms with E-state index in [-0.39, 0.29) is 5.91 Å². The molecule has 122 valence electrons. The van der Waals surface area contributed by atoms with Crippen LogP contribution in [0.3, 0.4) is 0 Å². The highest BCUT2D eigenvalue weighted by Gasteiger charge is 2.11. The van der Waals surface area contributed by atoms with E-state index in [9.17, 15) is 4.79 Å². The molecule has 0 aliphatic carbocycles. The molecule has 1 amide bonds. The minimum Gasteiger partial charge on any atom is -0.397 e. The van der Waals surface area contributed by atoms with Crippen molar-refractivity contribution in [3.8, 4) is 10.4 Å². The number of hydrogen-bond acceptors (Lipinski definition) is 6. The van der Waals surface area contributed by atoms with Crippen LogP contribution in [0.25, 0.3) is 10.4 Å². The number of nitrogens with two attached hydrogens (primary N) is 3. The Hall–Kier alpha value is -3.03. The largest absolute Gasteiger partial charge is 0.397 e. The number of carbonyl (C=O) groups excluding carboxylic acids is 1. The Morgan fingerprint density at radius 1 is 0.958 bits per heavy atom. The first-order valence-electron chi connectivity index (χ1n) is 7.19. The summed E-state index contributed by atoms with van der Waals surface area (Å²) in [5.74, 6) is 5.05. The van der Waals surface area contributed by atoms with Crippen LogP contribution in [0.2, 0.25) is 0 Å². The molecule has 2 aromatic carbocycles. The molecule has 24 heavy (non-hydrogen) atoms. The maximum atomic E-state index is 12.4. The first-order valence-corrected chi connectivity index (χ1v) is 8.07. The van der Waals surface area contributed by atoms with Gasteiger partial charge >= 0.3 is 0 Å². The summed E-state index contributed by atoms with van der Waals surface area (Å²) >= 11 is 1.62. The van der Waals surface area contributed by atoms with E-state index < -0.39 is 0 Å². The van der Waals surface area contributed by atoms with Crippen molar-refractivity contribution in [2.75, 3.05) is 22.2 Å². The van der Waals surface area contributed by atoms with Crippen molar-refractivity contribution in [2.45, 2.75) is 0 Å². The van der Waals surface area contributed by atoms with Gasteiger partial charge in [-0.2, -0.15) is 0 Å². The van der Waals surface area contributed by atoms with Crippen molar-refractivity contribution < 1.29 is 4.79 Å². The summed E-state index contributed by atoms with van der Waals surface area (Å²) in [5.41, 5.74) is 17.7. The first kappa shape index (κ1) is 15.9. The molecule has 1 aromatic heterocycles. The van der Waals surface area contributed by atoms with Gasteiger partial charge in [-0.3, -0.25) is 10.6 Å². The maximum absolute atomic E-state index is 12.4. The number of hydrogen-bond donors (Lipinski definition) is 5. The third kappa shape index (κ3) is 3.17. The van der Waals surface area contributed by atoms with Crippen molar-refractivity contribution in [1.29, 1.82) is 0 Å². The van der Waals surface area contributed by atoms with Gasteiger partial charge in [0.25, 0.3) is 5.91 Å². The van der Waals surface area contributed by atoms with Crippen molar-refractivity contribution in [2.24, 2.45) is 5.84 Å². The summed E-state index contributed by atoms with van der Waals surface area (Å²) in [6.45, 7) is 0. The van der Waals surface area contributed by atoms with Crippen LogP contribution >= 0.6 is 11.3 Å². The molecule has 0 bridgehead atoms. The molecule has 0 atom stereocenters. The highest BCUT2D eigenvalue weighted by molar-refractivity contribution is 7.13. The second-order valence-electron chi connectivity index (χ2n) is 5.18. The Morgan fingerprint density at radius 2 is 1.79 bits per heavy atom. The number of amides is 1. The van der Waals surface area contributed by atoms with E-state index in [0.29, 0.717) is 28.3 Å². The lowest BCUT2D eigenvalue weighted by molar-refractivity contribution is 0.102. The minimum absolute atomic E-state index is 0.291. The van der Waals surface area contributed by atoms with E-state index in [1.807, 2.05) is 29.6 Å². The zero-order valence-corrected chi connectivity index (χ0v) is 13.6. The van der Waals surface area contributed by atoms with Gasteiger partial charge in [0.15, 0.2) is 0 Å². The van der Waals surface area contributed by atoms with Gasteiger partial charge in [-0.1, -0.05) is 12.1 Å². The number of hydrazine groups is 1. The molecule has 1 heterocycles. The van der Waals surface area contributed by atoms with Crippen LogP contribution in [0.1, 0.15) is 10.4 Å². The lowest BCUT2D eigenvalue weighted by Gasteiger charge is -2.11. The van der Waals surface area contributed by atoms with E-state index in [1.54, 1.807) is 35.6 Å². The van der Waals surface area contributed by atoms with Gasteiger partial charge in [0.1, 0.15) is 0 Å². The second-order valence-corrected chi connectivity index (χ2v) is 6.13. The fourth-order valence-corrected chi connectivity index (χ4v) is 3.01. The Labute approximate surface area is 143 Å². The van der Waals surface area contributed by atoms with Gasteiger partial charge in [0, 0.05) is 10.4 Å². The SMILES string of the molecule is NNc1ccc(C(=O)Nc2cc(-c3cccs3)ccc2N)cc1N. The van der Waals surface area contributed by atoms with Crippen LogP contribution in [0, 0.1) is 0 Å². The Morgan fingerprint density at radius 3 is 2.46 bits per heavy atom. The van der Waals surface area contributed by atoms with Crippen LogP contribution in [0.5, 0.6) is 0 Å². The van der Waals surface area contributed by atoms with Crippen molar-refractivity contribution in [3.05, 3.63) is 59.5 Å². The summed E-state index contributed by atoms with van der Waals surface area (Å²) in [5, 5.41) is 4.83. The average molecular weight is 339 g/mol. The molecule has 0 fully saturated rings. The molecular formula is C17H17N5OS. The van der Waals surface area contributed by atoms with Crippen LogP contribution in [-0.4, -0.2) is 5.91 Å². The summed E-state index contributed by atoms with van der Waals surface area (Å²) in [6, 6.07) is 14.4. The van der Waals surface area contributed by atoms with Gasteiger partial charge in [-0.15, -0.1) is 11.3 Å². The molecule has 0 unspecified atom stereocenters. The van der Waals surface area contributed by atoms with E-state index >= 15 is 0 Å². The smallest absolute Gasteiger partial charge is 0.255 e. The lowest BCUT2D eigenvalue weighted by Crippen LogP contribution is -2.15. The maximum Gasteiger partial charge on any atom is 0.255 e. The normalized spacial score (nSPS) is 10.4. The van der Waals surface area contributed by atoms with E-state index in [4.69, 9.17) is 17.3 Å². The number of nitrogens with one attached hydrogen (secondary N) is 2. The van der Waals surface area contributed by atoms with Gasteiger partial charge in [0.05, 0.1) is 22.7 Å². The zero-order valence-electron chi connectivity index (χ0n) is 12.7. The third-order valence-corrected chi connectivity index (χ3v) is 4.50. The molecule has 0 aliphatic rings. The van der Waals surface area contributed by atoms with Crippen molar-refractivity contribution in [1.82, 2.24) is 0 Å². The molecule has 6 nitrogen and oxygen atoms in total. The molecule has 7 heteroatoms. The fraction of sp³-hybridized carbons (Fsp3) is 0. The van der Waals surface area contributed by atoms with Crippen molar-refractivity contribution >= 4 is 40.0 Å². The van der Waals surface area contributed by atoms with Gasteiger partial charge in [-0.05, 0) is 47.3 Å². The number of anilines is 4. The zero-order chi connectivity index (χ0) is 17.1. The van der Waals surface area contributed by atoms with Crippen LogP contribution in [-0.2, 0) is 0 Å². The quantitative estimate of drug-likeness (QED) is 0.284. The molecule has 0 spiro atoms. The first-order chi connectivity index (χ1) is 11.6. The monoisotopic (exact) mass is 339 g/mol. The molecule has 0 saturated carbocycles. The summed E-state index contributed by atoms with van der Waals surface area (Å²) in [7, 11) is 0. The molecule has 8 N–H and O–H groups in total. The summed E-state index contributed by atoms with van der Waals surface area (Å²) in [6.07, 6.45) is 0. The average Bonchev–Trinajstić information content (AvgIpc) is 3.11. The summed E-state index contributed by atoms with van der Waals surface area (Å²) < 4.78 is 0. The van der Waals surface area contributed by atoms with E-state index in [1.165, 1.54) is 0 Å². The molecule has 3 rings (SSSR count). The summed E-state index contributed by atoms with van der Waals surface area (Å²) in [4.78, 5) is 13.5. The topological polar surface area (TPSA) is 119 Å². The number of thiophene rings is 1. The Kier molecular flexibility index (Phi) is 4.37. The highest BCUT2D eigenvalue weighted by atomic mass is 32.1. The van der Waals surface area contributed by atoms with Gasteiger partial charge in [0.2, 0.25) is 0 Å².